The van der Waals surface area contributed by atoms with Crippen molar-refractivity contribution in [3.63, 3.8) is 0 Å². The number of benzene rings is 5. The van der Waals surface area contributed by atoms with Gasteiger partial charge in [0, 0.05) is 34.5 Å². The lowest BCUT2D eigenvalue weighted by Gasteiger charge is -2.37. The van der Waals surface area contributed by atoms with E-state index in [2.05, 4.69) is 120 Å². The normalized spacial score (nSPS) is 14.4. The van der Waals surface area contributed by atoms with Gasteiger partial charge in [-0.25, -0.2) is 9.97 Å². The third-order valence-electron chi connectivity index (χ3n) is 10.4. The Labute approximate surface area is 282 Å². The van der Waals surface area contributed by atoms with Crippen molar-refractivity contribution in [1.29, 1.82) is 0 Å². The summed E-state index contributed by atoms with van der Waals surface area (Å²) in [6.07, 6.45) is 10.00. The molecule has 1 saturated carbocycles. The summed E-state index contributed by atoms with van der Waals surface area (Å²) in [5.41, 5.74) is 15.7. The van der Waals surface area contributed by atoms with E-state index in [1.165, 1.54) is 65.5 Å². The molecule has 3 nitrogen and oxygen atoms in total. The van der Waals surface area contributed by atoms with E-state index in [-0.39, 0.29) is 5.41 Å². The lowest BCUT2D eigenvalue weighted by molar-refractivity contribution is 0.353. The molecule has 7 aromatic rings. The maximum Gasteiger partial charge on any atom is 0.160 e. The number of fused-ring (bicyclic) bond motifs is 5. The number of nitrogens with zero attached hydrogens (tertiary/aromatic N) is 3. The molecule has 3 heteroatoms. The van der Waals surface area contributed by atoms with Gasteiger partial charge in [-0.3, -0.25) is 4.98 Å². The van der Waals surface area contributed by atoms with Gasteiger partial charge in [-0.1, -0.05) is 141 Å². The number of hydrogen-bond acceptors (Lipinski definition) is 3. The second-order valence-corrected chi connectivity index (χ2v) is 13.1. The third kappa shape index (κ3) is 4.86. The molecule has 0 bridgehead atoms. The zero-order valence-electron chi connectivity index (χ0n) is 26.8. The molecule has 1 fully saturated rings. The van der Waals surface area contributed by atoms with Crippen molar-refractivity contribution in [2.24, 2.45) is 0 Å². The summed E-state index contributed by atoms with van der Waals surface area (Å²) >= 11 is 0. The molecule has 2 aliphatic carbocycles. The van der Waals surface area contributed by atoms with Crippen molar-refractivity contribution in [3.8, 4) is 67.3 Å². The van der Waals surface area contributed by atoms with Crippen molar-refractivity contribution >= 4 is 0 Å². The fourth-order valence-electron chi connectivity index (χ4n) is 8.15. The van der Waals surface area contributed by atoms with Crippen LogP contribution in [-0.4, -0.2) is 15.0 Å². The predicted molar refractivity (Wildman–Crippen MR) is 196 cm³/mol. The second kappa shape index (κ2) is 11.8. The molecule has 2 aromatic heterocycles. The highest BCUT2D eigenvalue weighted by molar-refractivity contribution is 5.89. The van der Waals surface area contributed by atoms with E-state index in [9.17, 15) is 0 Å². The molecule has 230 valence electrons. The quantitative estimate of drug-likeness (QED) is 0.193. The Morgan fingerprint density at radius 2 is 1.08 bits per heavy atom. The summed E-state index contributed by atoms with van der Waals surface area (Å²) in [5.74, 6) is 0.724. The lowest BCUT2D eigenvalue weighted by atomic mass is 9.66. The minimum Gasteiger partial charge on any atom is -0.264 e. The standard InChI is InChI=1S/C45H35N3/c1-3-12-33(13-4-1)44-47-41(32-23-21-31(22-24-32)36-16-11-27-46-30-36)29-42(48-44)35-15-9-14-34(28-35)37-18-10-19-39-38-17-5-6-20-40(38)45(43(37)39)25-7-2-8-26-45/h1,3-6,9-24,27-30H,2,7-8,25-26H2. The predicted octanol–water partition coefficient (Wildman–Crippen LogP) is 11.4. The second-order valence-electron chi connectivity index (χ2n) is 13.1. The Bertz CT molecular complexity index is 2250. The lowest BCUT2D eigenvalue weighted by Crippen LogP contribution is -2.28. The van der Waals surface area contributed by atoms with Crippen molar-refractivity contribution in [3.05, 3.63) is 163 Å². The summed E-state index contributed by atoms with van der Waals surface area (Å²) < 4.78 is 0. The zero-order valence-corrected chi connectivity index (χ0v) is 26.8. The van der Waals surface area contributed by atoms with E-state index in [4.69, 9.17) is 9.97 Å². The van der Waals surface area contributed by atoms with Crippen molar-refractivity contribution in [2.75, 3.05) is 0 Å². The molecular formula is C45H35N3. The topological polar surface area (TPSA) is 38.7 Å². The first-order valence-corrected chi connectivity index (χ1v) is 17.1. The zero-order chi connectivity index (χ0) is 31.9. The van der Waals surface area contributed by atoms with Crippen LogP contribution in [0.4, 0.5) is 0 Å². The van der Waals surface area contributed by atoms with Gasteiger partial charge in [0.2, 0.25) is 0 Å². The van der Waals surface area contributed by atoms with Crippen LogP contribution in [0.2, 0.25) is 0 Å². The fraction of sp³-hybridized carbons (Fsp3) is 0.133. The molecule has 0 amide bonds. The summed E-state index contributed by atoms with van der Waals surface area (Å²) in [5, 5.41) is 0. The molecule has 2 aliphatic rings. The Morgan fingerprint density at radius 3 is 1.90 bits per heavy atom. The molecule has 2 heterocycles. The summed E-state index contributed by atoms with van der Waals surface area (Å²) in [6, 6.07) is 50.1. The molecule has 0 unspecified atom stereocenters. The largest absolute Gasteiger partial charge is 0.264 e. The molecule has 48 heavy (non-hydrogen) atoms. The van der Waals surface area contributed by atoms with E-state index in [0.717, 1.165) is 45.0 Å². The van der Waals surface area contributed by atoms with Crippen LogP contribution in [0.15, 0.2) is 152 Å². The van der Waals surface area contributed by atoms with Gasteiger partial charge >= 0.3 is 0 Å². The van der Waals surface area contributed by atoms with E-state index in [0.29, 0.717) is 0 Å². The van der Waals surface area contributed by atoms with Crippen molar-refractivity contribution in [1.82, 2.24) is 15.0 Å². The van der Waals surface area contributed by atoms with Crippen LogP contribution in [0, 0.1) is 0 Å². The number of hydrogen-bond donors (Lipinski definition) is 0. The van der Waals surface area contributed by atoms with Crippen molar-refractivity contribution < 1.29 is 0 Å². The Kier molecular flexibility index (Phi) is 7.04. The molecular weight excluding hydrogens is 583 g/mol. The number of rotatable bonds is 5. The van der Waals surface area contributed by atoms with Gasteiger partial charge in [0.25, 0.3) is 0 Å². The average Bonchev–Trinajstić information content (AvgIpc) is 3.44. The van der Waals surface area contributed by atoms with Gasteiger partial charge in [-0.2, -0.15) is 0 Å². The van der Waals surface area contributed by atoms with E-state index < -0.39 is 0 Å². The molecule has 9 rings (SSSR count). The molecule has 0 N–H and O–H groups in total. The van der Waals surface area contributed by atoms with E-state index in [1.807, 2.05) is 30.5 Å². The van der Waals surface area contributed by atoms with E-state index >= 15 is 0 Å². The van der Waals surface area contributed by atoms with Crippen LogP contribution < -0.4 is 0 Å². The highest BCUT2D eigenvalue weighted by Gasteiger charge is 2.45. The molecule has 0 atom stereocenters. The summed E-state index contributed by atoms with van der Waals surface area (Å²) in [7, 11) is 0. The first-order valence-electron chi connectivity index (χ1n) is 17.1. The van der Waals surface area contributed by atoms with Crippen LogP contribution in [0.3, 0.4) is 0 Å². The maximum atomic E-state index is 5.17. The molecule has 1 spiro atoms. The maximum absolute atomic E-state index is 5.17. The average molecular weight is 618 g/mol. The number of aromatic nitrogens is 3. The molecule has 0 aliphatic heterocycles. The smallest absolute Gasteiger partial charge is 0.160 e. The first-order chi connectivity index (χ1) is 23.8. The highest BCUT2D eigenvalue weighted by atomic mass is 14.9. The van der Waals surface area contributed by atoms with Crippen LogP contribution >= 0.6 is 0 Å². The Hall–Kier alpha value is -5.67. The minimum atomic E-state index is 0.0846. The van der Waals surface area contributed by atoms with E-state index in [1.54, 1.807) is 6.20 Å². The minimum absolute atomic E-state index is 0.0846. The monoisotopic (exact) mass is 617 g/mol. The Morgan fingerprint density at radius 1 is 0.438 bits per heavy atom. The van der Waals surface area contributed by atoms with Crippen LogP contribution in [0.25, 0.3) is 67.3 Å². The third-order valence-corrected chi connectivity index (χ3v) is 10.4. The van der Waals surface area contributed by atoms with Gasteiger partial charge < -0.3 is 0 Å². The van der Waals surface area contributed by atoms with Gasteiger partial charge in [-0.05, 0) is 75.5 Å². The first kappa shape index (κ1) is 28.5. The summed E-state index contributed by atoms with van der Waals surface area (Å²) in [6.45, 7) is 0. The van der Waals surface area contributed by atoms with Gasteiger partial charge in [0.05, 0.1) is 11.4 Å². The molecule has 0 radical (unpaired) electrons. The van der Waals surface area contributed by atoms with Crippen LogP contribution in [0.1, 0.15) is 43.2 Å². The number of pyridine rings is 1. The molecule has 5 aromatic carbocycles. The van der Waals surface area contributed by atoms with Gasteiger partial charge in [0.1, 0.15) is 0 Å². The fourth-order valence-corrected chi connectivity index (χ4v) is 8.15. The van der Waals surface area contributed by atoms with Crippen molar-refractivity contribution in [2.45, 2.75) is 37.5 Å². The summed E-state index contributed by atoms with van der Waals surface area (Å²) in [4.78, 5) is 14.5. The SMILES string of the molecule is c1ccc(-c2nc(-c3ccc(-c4cccnc4)cc3)cc(-c3cccc(-c4cccc5c4C4(CCCCC4)c4ccccc4-5)c3)n2)cc1. The van der Waals surface area contributed by atoms with Crippen LogP contribution in [-0.2, 0) is 5.41 Å². The Balaban J connectivity index is 1.17. The molecule has 0 saturated heterocycles. The van der Waals surface area contributed by atoms with Crippen LogP contribution in [0.5, 0.6) is 0 Å². The van der Waals surface area contributed by atoms with Gasteiger partial charge in [0.15, 0.2) is 5.82 Å². The van der Waals surface area contributed by atoms with Gasteiger partial charge in [-0.15, -0.1) is 0 Å². The highest BCUT2D eigenvalue weighted by Crippen LogP contribution is 2.58.